The Balaban J connectivity index is 2.65. The fraction of sp³-hybridized carbons (Fsp3) is 0.0833. The molecule has 0 amide bonds. The van der Waals surface area contributed by atoms with Crippen LogP contribution in [0.1, 0.15) is 5.56 Å². The second-order valence-electron chi connectivity index (χ2n) is 3.80. The van der Waals surface area contributed by atoms with Crippen molar-refractivity contribution in [3.8, 4) is 0 Å². The van der Waals surface area contributed by atoms with Crippen LogP contribution in [0, 0.1) is 6.92 Å². The predicted octanol–water partition coefficient (Wildman–Crippen LogP) is 2.05. The molecule has 0 saturated heterocycles. The Bertz CT molecular complexity index is 733. The summed E-state index contributed by atoms with van der Waals surface area (Å²) in [6, 6.07) is 8.72. The van der Waals surface area contributed by atoms with E-state index in [9.17, 15) is 13.2 Å². The van der Waals surface area contributed by atoms with Crippen molar-refractivity contribution in [2.45, 2.75) is 11.8 Å². The maximum atomic E-state index is 12.2. The number of hydrogen-bond donors (Lipinski definition) is 0. The summed E-state index contributed by atoms with van der Waals surface area (Å²) in [6.07, 6.45) is 1.10. The first-order valence-corrected chi connectivity index (χ1v) is 6.93. The summed E-state index contributed by atoms with van der Waals surface area (Å²) in [6.45, 7) is 1.85. The van der Waals surface area contributed by atoms with Gasteiger partial charge in [-0.3, -0.25) is 4.79 Å². The van der Waals surface area contributed by atoms with Crippen LogP contribution in [0.4, 0.5) is 0 Å². The van der Waals surface area contributed by atoms with Gasteiger partial charge in [-0.05, 0) is 25.1 Å². The first-order valence-electron chi connectivity index (χ1n) is 5.12. The second kappa shape index (κ2) is 4.59. The smallest absolute Gasteiger partial charge is 0.268 e. The number of aryl methyl sites for hydroxylation is 1. The molecule has 0 atom stereocenters. The van der Waals surface area contributed by atoms with Crippen LogP contribution < -0.4 is 5.56 Å². The van der Waals surface area contributed by atoms with Crippen molar-refractivity contribution < 1.29 is 8.42 Å². The van der Waals surface area contributed by atoms with Crippen molar-refractivity contribution in [1.82, 2.24) is 3.97 Å². The van der Waals surface area contributed by atoms with Gasteiger partial charge in [-0.25, -0.2) is 12.4 Å². The Morgan fingerprint density at radius 2 is 1.67 bits per heavy atom. The molecule has 2 rings (SSSR count). The van der Waals surface area contributed by atoms with Gasteiger partial charge in [0.15, 0.2) is 0 Å². The van der Waals surface area contributed by atoms with Gasteiger partial charge in [0.05, 0.1) is 9.92 Å². The molecule has 94 valence electrons. The lowest BCUT2D eigenvalue weighted by Crippen LogP contribution is -2.26. The maximum absolute atomic E-state index is 12.2. The van der Waals surface area contributed by atoms with Crippen molar-refractivity contribution in [2.24, 2.45) is 0 Å². The fourth-order valence-electron chi connectivity index (χ4n) is 1.45. The third kappa shape index (κ3) is 2.32. The van der Waals surface area contributed by atoms with Crippen LogP contribution in [0.5, 0.6) is 0 Å². The van der Waals surface area contributed by atoms with Crippen LogP contribution in [-0.2, 0) is 10.0 Å². The van der Waals surface area contributed by atoms with E-state index in [0.717, 1.165) is 17.8 Å². The molecule has 0 aliphatic rings. The molecule has 0 aliphatic carbocycles. The normalized spacial score (nSPS) is 11.4. The minimum Gasteiger partial charge on any atom is -0.268 e. The lowest BCUT2D eigenvalue weighted by atomic mass is 10.2. The molecule has 1 aromatic carbocycles. The number of rotatable bonds is 2. The van der Waals surface area contributed by atoms with E-state index in [-0.39, 0.29) is 9.92 Å². The summed E-state index contributed by atoms with van der Waals surface area (Å²) < 4.78 is 25.1. The Hall–Kier alpha value is -1.59. The highest BCUT2D eigenvalue weighted by Gasteiger charge is 2.17. The minimum atomic E-state index is -3.89. The highest BCUT2D eigenvalue weighted by atomic mass is 35.5. The maximum Gasteiger partial charge on any atom is 0.270 e. The van der Waals surface area contributed by atoms with Crippen molar-refractivity contribution in [3.05, 3.63) is 63.5 Å². The van der Waals surface area contributed by atoms with Gasteiger partial charge < -0.3 is 0 Å². The molecule has 4 nitrogen and oxygen atoms in total. The van der Waals surface area contributed by atoms with Gasteiger partial charge in [-0.2, -0.15) is 0 Å². The van der Waals surface area contributed by atoms with Gasteiger partial charge in [0.25, 0.3) is 15.6 Å². The lowest BCUT2D eigenvalue weighted by Gasteiger charge is -2.07. The van der Waals surface area contributed by atoms with Gasteiger partial charge in [0, 0.05) is 12.3 Å². The molecule has 0 fully saturated rings. The Morgan fingerprint density at radius 3 is 2.28 bits per heavy atom. The molecule has 1 aromatic heterocycles. The lowest BCUT2D eigenvalue weighted by molar-refractivity contribution is 0.585. The molecular formula is C12H10ClNO3S. The van der Waals surface area contributed by atoms with E-state index in [1.165, 1.54) is 18.2 Å². The molecule has 0 radical (unpaired) electrons. The summed E-state index contributed by atoms with van der Waals surface area (Å²) >= 11 is 5.71. The summed E-state index contributed by atoms with van der Waals surface area (Å²) in [5.74, 6) is 0. The summed E-state index contributed by atoms with van der Waals surface area (Å²) in [5, 5.41) is 0.185. The van der Waals surface area contributed by atoms with E-state index in [4.69, 9.17) is 11.6 Å². The molecule has 0 N–H and O–H groups in total. The predicted molar refractivity (Wildman–Crippen MR) is 69.5 cm³/mol. The minimum absolute atomic E-state index is 0.0532. The van der Waals surface area contributed by atoms with E-state index in [2.05, 4.69) is 0 Å². The van der Waals surface area contributed by atoms with Gasteiger partial charge in [-0.15, -0.1) is 0 Å². The average Bonchev–Trinajstić information content (AvgIpc) is 2.32. The molecule has 18 heavy (non-hydrogen) atoms. The van der Waals surface area contributed by atoms with Gasteiger partial charge in [0.2, 0.25) is 0 Å². The van der Waals surface area contributed by atoms with E-state index in [1.807, 2.05) is 6.92 Å². The summed E-state index contributed by atoms with van der Waals surface area (Å²) in [7, 11) is -3.89. The van der Waals surface area contributed by atoms with Crippen LogP contribution >= 0.6 is 11.6 Å². The molecule has 0 aliphatic heterocycles. The first-order chi connectivity index (χ1) is 8.41. The average molecular weight is 284 g/mol. The van der Waals surface area contributed by atoms with Crippen LogP contribution in [-0.4, -0.2) is 12.4 Å². The highest BCUT2D eigenvalue weighted by Crippen LogP contribution is 2.14. The number of pyridine rings is 1. The molecule has 1 heterocycles. The van der Waals surface area contributed by atoms with Gasteiger partial charge in [-0.1, -0.05) is 29.3 Å². The van der Waals surface area contributed by atoms with E-state index in [1.54, 1.807) is 12.1 Å². The molecule has 0 spiro atoms. The zero-order chi connectivity index (χ0) is 13.3. The monoisotopic (exact) mass is 283 g/mol. The van der Waals surface area contributed by atoms with Crippen LogP contribution in [0.15, 0.2) is 52.3 Å². The summed E-state index contributed by atoms with van der Waals surface area (Å²) in [5.41, 5.74) is 0.298. The standard InChI is InChI=1S/C12H10ClNO3S/c1-9-2-5-11(6-3-9)18(16,17)14-8-10(13)4-7-12(14)15/h2-8H,1H3. The molecule has 0 saturated carbocycles. The van der Waals surface area contributed by atoms with E-state index in [0.29, 0.717) is 3.97 Å². The van der Waals surface area contributed by atoms with Crippen molar-refractivity contribution in [3.63, 3.8) is 0 Å². The third-order valence-electron chi connectivity index (χ3n) is 2.42. The summed E-state index contributed by atoms with van der Waals surface area (Å²) in [4.78, 5) is 11.6. The number of aromatic nitrogens is 1. The van der Waals surface area contributed by atoms with Crippen LogP contribution in [0.25, 0.3) is 0 Å². The third-order valence-corrected chi connectivity index (χ3v) is 4.32. The van der Waals surface area contributed by atoms with Crippen LogP contribution in [0.2, 0.25) is 5.02 Å². The molecular weight excluding hydrogens is 274 g/mol. The van der Waals surface area contributed by atoms with Crippen molar-refractivity contribution in [1.29, 1.82) is 0 Å². The second-order valence-corrected chi connectivity index (χ2v) is 6.05. The number of benzene rings is 1. The number of nitrogens with zero attached hydrogens (tertiary/aromatic N) is 1. The molecule has 2 aromatic rings. The van der Waals surface area contributed by atoms with Crippen LogP contribution in [0.3, 0.4) is 0 Å². The zero-order valence-corrected chi connectivity index (χ0v) is 11.1. The number of hydrogen-bond acceptors (Lipinski definition) is 3. The first kappa shape index (κ1) is 12.9. The van der Waals surface area contributed by atoms with Gasteiger partial charge >= 0.3 is 0 Å². The molecule has 0 unspecified atom stereocenters. The van der Waals surface area contributed by atoms with Crippen molar-refractivity contribution in [2.75, 3.05) is 0 Å². The SMILES string of the molecule is Cc1ccc(S(=O)(=O)n2cc(Cl)ccc2=O)cc1. The highest BCUT2D eigenvalue weighted by molar-refractivity contribution is 7.90. The zero-order valence-electron chi connectivity index (χ0n) is 9.50. The largest absolute Gasteiger partial charge is 0.270 e. The quantitative estimate of drug-likeness (QED) is 0.847. The topological polar surface area (TPSA) is 56.1 Å². The Kier molecular flexibility index (Phi) is 3.28. The van der Waals surface area contributed by atoms with Crippen molar-refractivity contribution >= 4 is 21.6 Å². The molecule has 6 heteroatoms. The van der Waals surface area contributed by atoms with Gasteiger partial charge in [0.1, 0.15) is 0 Å². The Labute approximate surface area is 110 Å². The van der Waals surface area contributed by atoms with E-state index < -0.39 is 15.6 Å². The molecule has 0 bridgehead atoms. The number of halogens is 1. The Morgan fingerprint density at radius 1 is 1.06 bits per heavy atom. The fourth-order valence-corrected chi connectivity index (χ4v) is 2.93. The van der Waals surface area contributed by atoms with E-state index >= 15 is 0 Å².